The zero-order valence-electron chi connectivity index (χ0n) is 12.0. The van der Waals surface area contributed by atoms with E-state index in [2.05, 4.69) is 46.4 Å². The fourth-order valence-electron chi connectivity index (χ4n) is 2.73. The molecular weight excluding hydrogens is 448 g/mol. The molecule has 0 aliphatic carbocycles. The predicted octanol–water partition coefficient (Wildman–Crippen LogP) is 4.56. The van der Waals surface area contributed by atoms with Gasteiger partial charge in [-0.05, 0) is 41.6 Å². The molecule has 2 aromatic heterocycles. The summed E-state index contributed by atoms with van der Waals surface area (Å²) in [7, 11) is 0. The van der Waals surface area contributed by atoms with Crippen molar-refractivity contribution in [3.8, 4) is 11.3 Å². The molecule has 4 rings (SSSR count). The van der Waals surface area contributed by atoms with Crippen LogP contribution in [0, 0.1) is 13.0 Å². The maximum absolute atomic E-state index is 4.60. The van der Waals surface area contributed by atoms with Crippen molar-refractivity contribution in [1.82, 2.24) is 9.97 Å². The van der Waals surface area contributed by atoms with Gasteiger partial charge in [-0.3, -0.25) is 4.98 Å². The SMILES string of the molecule is Cc1ccc2c(ccc3c(-c4[c-]cccc4)nccc32)n1.[Ir]. The van der Waals surface area contributed by atoms with Crippen LogP contribution in [0.3, 0.4) is 0 Å². The fraction of sp³-hybridized carbons (Fsp3) is 0.0526. The van der Waals surface area contributed by atoms with E-state index in [9.17, 15) is 0 Å². The number of nitrogens with zero attached hydrogens (tertiary/aromatic N) is 2. The molecule has 0 saturated carbocycles. The molecule has 0 amide bonds. The number of hydrogen-bond donors (Lipinski definition) is 0. The molecule has 22 heavy (non-hydrogen) atoms. The zero-order chi connectivity index (χ0) is 14.2. The average Bonchev–Trinajstić information content (AvgIpc) is 2.54. The second-order valence-electron chi connectivity index (χ2n) is 5.12. The van der Waals surface area contributed by atoms with E-state index < -0.39 is 0 Å². The number of aryl methyl sites for hydroxylation is 1. The first-order chi connectivity index (χ1) is 10.3. The van der Waals surface area contributed by atoms with Crippen molar-refractivity contribution < 1.29 is 20.1 Å². The van der Waals surface area contributed by atoms with Crippen molar-refractivity contribution in [1.29, 1.82) is 0 Å². The van der Waals surface area contributed by atoms with E-state index in [0.29, 0.717) is 0 Å². The summed E-state index contributed by atoms with van der Waals surface area (Å²) in [6.07, 6.45) is 1.86. The molecular formula is C19H13IrN2-. The molecule has 3 heteroatoms. The molecule has 0 aliphatic rings. The largest absolute Gasteiger partial charge is 0.304 e. The van der Waals surface area contributed by atoms with Crippen LogP contribution < -0.4 is 0 Å². The Morgan fingerprint density at radius 2 is 1.73 bits per heavy atom. The van der Waals surface area contributed by atoms with Crippen LogP contribution in [-0.4, -0.2) is 9.97 Å². The number of hydrogen-bond acceptors (Lipinski definition) is 2. The minimum atomic E-state index is 0. The van der Waals surface area contributed by atoms with Crippen molar-refractivity contribution in [2.45, 2.75) is 6.92 Å². The van der Waals surface area contributed by atoms with Crippen LogP contribution in [0.25, 0.3) is 32.9 Å². The van der Waals surface area contributed by atoms with Gasteiger partial charge in [0.15, 0.2) is 0 Å². The van der Waals surface area contributed by atoms with Gasteiger partial charge >= 0.3 is 0 Å². The van der Waals surface area contributed by atoms with Gasteiger partial charge in [0, 0.05) is 37.4 Å². The number of pyridine rings is 2. The van der Waals surface area contributed by atoms with Gasteiger partial charge in [-0.2, -0.15) is 0 Å². The first-order valence-corrected chi connectivity index (χ1v) is 6.95. The van der Waals surface area contributed by atoms with E-state index in [1.54, 1.807) is 0 Å². The maximum atomic E-state index is 4.60. The van der Waals surface area contributed by atoms with E-state index in [-0.39, 0.29) is 20.1 Å². The van der Waals surface area contributed by atoms with Crippen LogP contribution in [0.2, 0.25) is 0 Å². The Morgan fingerprint density at radius 1 is 0.864 bits per heavy atom. The van der Waals surface area contributed by atoms with Gasteiger partial charge in [0.25, 0.3) is 0 Å². The van der Waals surface area contributed by atoms with Crippen LogP contribution in [0.15, 0.2) is 60.8 Å². The molecule has 0 spiro atoms. The van der Waals surface area contributed by atoms with E-state index in [1.807, 2.05) is 37.4 Å². The van der Waals surface area contributed by atoms with Crippen molar-refractivity contribution in [3.63, 3.8) is 0 Å². The second kappa shape index (κ2) is 5.96. The smallest absolute Gasteiger partial charge is 0.0711 e. The third-order valence-electron chi connectivity index (χ3n) is 3.72. The molecule has 0 fully saturated rings. The minimum Gasteiger partial charge on any atom is -0.304 e. The van der Waals surface area contributed by atoms with E-state index in [4.69, 9.17) is 0 Å². The monoisotopic (exact) mass is 462 g/mol. The third kappa shape index (κ3) is 2.43. The molecule has 2 aromatic carbocycles. The molecule has 2 heterocycles. The summed E-state index contributed by atoms with van der Waals surface area (Å²) in [4.78, 5) is 9.15. The summed E-state index contributed by atoms with van der Waals surface area (Å²) < 4.78 is 0. The van der Waals surface area contributed by atoms with Gasteiger partial charge in [0.1, 0.15) is 0 Å². The van der Waals surface area contributed by atoms with E-state index >= 15 is 0 Å². The van der Waals surface area contributed by atoms with Crippen molar-refractivity contribution in [3.05, 3.63) is 72.6 Å². The van der Waals surface area contributed by atoms with Crippen molar-refractivity contribution in [2.75, 3.05) is 0 Å². The normalized spacial score (nSPS) is 10.6. The molecule has 0 N–H and O–H groups in total. The summed E-state index contributed by atoms with van der Waals surface area (Å²) in [5.74, 6) is 0. The number of aromatic nitrogens is 2. The molecule has 0 saturated heterocycles. The molecule has 0 bridgehead atoms. The van der Waals surface area contributed by atoms with Gasteiger partial charge in [-0.1, -0.05) is 12.1 Å². The first-order valence-electron chi connectivity index (χ1n) is 6.95. The minimum absolute atomic E-state index is 0. The third-order valence-corrected chi connectivity index (χ3v) is 3.72. The Kier molecular flexibility index (Phi) is 4.02. The number of benzene rings is 2. The summed E-state index contributed by atoms with van der Waals surface area (Å²) in [6.45, 7) is 2.01. The van der Waals surface area contributed by atoms with Gasteiger partial charge in [0.2, 0.25) is 0 Å². The molecule has 1 radical (unpaired) electrons. The van der Waals surface area contributed by atoms with E-state index in [0.717, 1.165) is 33.2 Å². The Balaban J connectivity index is 0.00000144. The van der Waals surface area contributed by atoms with Gasteiger partial charge in [-0.25, -0.2) is 0 Å². The molecule has 2 nitrogen and oxygen atoms in total. The molecule has 0 unspecified atom stereocenters. The zero-order valence-corrected chi connectivity index (χ0v) is 14.4. The standard InChI is InChI=1S/C19H13N2.Ir/c1-13-7-8-16-15-11-12-20-19(14-5-3-2-4-6-14)17(15)9-10-18(16)21-13;/h2-5,7-12H,1H3;/q-1;. The molecule has 109 valence electrons. The van der Waals surface area contributed by atoms with Crippen molar-refractivity contribution in [2.24, 2.45) is 0 Å². The summed E-state index contributed by atoms with van der Waals surface area (Å²) >= 11 is 0. The fourth-order valence-corrected chi connectivity index (χ4v) is 2.73. The Bertz CT molecular complexity index is 949. The summed E-state index contributed by atoms with van der Waals surface area (Å²) in [5.41, 5.74) is 4.04. The van der Waals surface area contributed by atoms with Gasteiger partial charge in [0.05, 0.1) is 5.52 Å². The molecule has 0 aliphatic heterocycles. The quantitative estimate of drug-likeness (QED) is 0.307. The second-order valence-corrected chi connectivity index (χ2v) is 5.12. The van der Waals surface area contributed by atoms with Crippen LogP contribution in [0.4, 0.5) is 0 Å². The van der Waals surface area contributed by atoms with Crippen LogP contribution in [-0.2, 0) is 20.1 Å². The van der Waals surface area contributed by atoms with Crippen LogP contribution in [0.1, 0.15) is 5.69 Å². The Morgan fingerprint density at radius 3 is 2.55 bits per heavy atom. The maximum Gasteiger partial charge on any atom is 0.0711 e. The molecule has 0 atom stereocenters. The molecule has 4 aromatic rings. The summed E-state index contributed by atoms with van der Waals surface area (Å²) in [5, 5.41) is 3.48. The predicted molar refractivity (Wildman–Crippen MR) is 86.1 cm³/mol. The topological polar surface area (TPSA) is 25.8 Å². The van der Waals surface area contributed by atoms with Gasteiger partial charge < -0.3 is 4.98 Å². The van der Waals surface area contributed by atoms with E-state index in [1.165, 1.54) is 5.39 Å². The Labute approximate surface area is 142 Å². The van der Waals surface area contributed by atoms with Gasteiger partial charge in [-0.15, -0.1) is 35.9 Å². The Hall–Kier alpha value is -2.09. The van der Waals surface area contributed by atoms with Crippen LogP contribution >= 0.6 is 0 Å². The average molecular weight is 462 g/mol. The summed E-state index contributed by atoms with van der Waals surface area (Å²) in [6, 6.07) is 21.6. The van der Waals surface area contributed by atoms with Crippen molar-refractivity contribution >= 4 is 21.7 Å². The number of rotatable bonds is 1. The van der Waals surface area contributed by atoms with Crippen LogP contribution in [0.5, 0.6) is 0 Å². The number of fused-ring (bicyclic) bond motifs is 3. The first kappa shape index (κ1) is 14.8.